The lowest BCUT2D eigenvalue weighted by Gasteiger charge is -2.33. The molecule has 1 fully saturated rings. The van der Waals surface area contributed by atoms with Crippen LogP contribution in [0.1, 0.15) is 39.2 Å². The number of anilines is 3. The Balaban J connectivity index is 1.29. The van der Waals surface area contributed by atoms with Crippen molar-refractivity contribution in [1.29, 1.82) is 0 Å². The standard InChI is InChI=1S/C31H34N6O4/c1-4-40-24-12-5-6-13-25(24)41-23-11-8-16-37(20-23)28-19-32-18-27(35-28)34-26-14-15-33-29(36-26)21-9-7-10-22(17-21)31(2,3)30(38)39/h5-7,9-10,12-15,17-19,23H,4,8,11,16,20H2,1-3H3,(H,38,39)(H,33,34,35,36). The smallest absolute Gasteiger partial charge is 0.313 e. The Bertz CT molecular complexity index is 1510. The highest BCUT2D eigenvalue weighted by Crippen LogP contribution is 2.31. The van der Waals surface area contributed by atoms with Gasteiger partial charge in [-0.3, -0.25) is 9.78 Å². The average molecular weight is 555 g/mol. The second-order valence-corrected chi connectivity index (χ2v) is 10.4. The zero-order chi connectivity index (χ0) is 28.8. The van der Waals surface area contributed by atoms with E-state index in [0.29, 0.717) is 36.2 Å². The fourth-order valence-corrected chi connectivity index (χ4v) is 4.68. The summed E-state index contributed by atoms with van der Waals surface area (Å²) in [6, 6.07) is 16.8. The van der Waals surface area contributed by atoms with E-state index in [0.717, 1.165) is 42.3 Å². The van der Waals surface area contributed by atoms with Gasteiger partial charge in [0, 0.05) is 18.3 Å². The number of hydrogen-bond acceptors (Lipinski definition) is 9. The van der Waals surface area contributed by atoms with Gasteiger partial charge in [0.05, 0.1) is 31.0 Å². The number of carbonyl (C=O) groups is 1. The van der Waals surface area contributed by atoms with Crippen LogP contribution in [0.4, 0.5) is 17.5 Å². The Hall–Kier alpha value is -4.73. The molecule has 10 nitrogen and oxygen atoms in total. The molecule has 212 valence electrons. The number of ether oxygens (including phenoxy) is 2. The first-order chi connectivity index (χ1) is 19.8. The first-order valence-electron chi connectivity index (χ1n) is 13.7. The third-order valence-corrected chi connectivity index (χ3v) is 7.06. The summed E-state index contributed by atoms with van der Waals surface area (Å²) in [4.78, 5) is 32.2. The number of piperidine rings is 1. The van der Waals surface area contributed by atoms with Crippen molar-refractivity contribution < 1.29 is 19.4 Å². The normalized spacial score (nSPS) is 15.3. The summed E-state index contributed by atoms with van der Waals surface area (Å²) in [6.07, 6.45) is 6.96. The Morgan fingerprint density at radius 2 is 1.90 bits per heavy atom. The molecular formula is C31H34N6O4. The van der Waals surface area contributed by atoms with Crippen LogP contribution in [0.15, 0.2) is 73.2 Å². The molecule has 1 aliphatic heterocycles. The van der Waals surface area contributed by atoms with Crippen molar-refractivity contribution in [3.05, 3.63) is 78.8 Å². The van der Waals surface area contributed by atoms with Crippen molar-refractivity contribution in [1.82, 2.24) is 19.9 Å². The molecule has 2 aromatic carbocycles. The molecule has 0 bridgehead atoms. The molecule has 1 unspecified atom stereocenters. The summed E-state index contributed by atoms with van der Waals surface area (Å²) in [5, 5.41) is 12.9. The third kappa shape index (κ3) is 6.54. The number of carboxylic acid groups (broad SMARTS) is 1. The second-order valence-electron chi connectivity index (χ2n) is 10.4. The highest BCUT2D eigenvalue weighted by molar-refractivity contribution is 5.81. The van der Waals surface area contributed by atoms with Crippen LogP contribution in [0.3, 0.4) is 0 Å². The van der Waals surface area contributed by atoms with Crippen molar-refractivity contribution in [2.45, 2.75) is 45.1 Å². The largest absolute Gasteiger partial charge is 0.490 e. The molecule has 2 N–H and O–H groups in total. The second kappa shape index (κ2) is 12.2. The molecule has 0 aliphatic carbocycles. The van der Waals surface area contributed by atoms with Crippen LogP contribution in [0.2, 0.25) is 0 Å². The maximum absolute atomic E-state index is 11.7. The maximum atomic E-state index is 11.7. The summed E-state index contributed by atoms with van der Waals surface area (Å²) in [5.74, 6) is 2.93. The van der Waals surface area contributed by atoms with Crippen LogP contribution in [0.25, 0.3) is 11.4 Å². The van der Waals surface area contributed by atoms with Gasteiger partial charge in [0.2, 0.25) is 0 Å². The van der Waals surface area contributed by atoms with Crippen molar-refractivity contribution >= 4 is 23.4 Å². The average Bonchev–Trinajstić information content (AvgIpc) is 2.99. The van der Waals surface area contributed by atoms with Crippen LogP contribution in [0.5, 0.6) is 11.5 Å². The third-order valence-electron chi connectivity index (χ3n) is 7.06. The highest BCUT2D eigenvalue weighted by atomic mass is 16.5. The van der Waals surface area contributed by atoms with Crippen LogP contribution < -0.4 is 19.7 Å². The summed E-state index contributed by atoms with van der Waals surface area (Å²) in [6.45, 7) is 7.42. The molecule has 1 saturated heterocycles. The molecule has 3 heterocycles. The summed E-state index contributed by atoms with van der Waals surface area (Å²) in [5.41, 5.74) is 0.367. The Morgan fingerprint density at radius 3 is 2.71 bits per heavy atom. The SMILES string of the molecule is CCOc1ccccc1OC1CCCN(c2cncc(Nc3ccnc(-c4cccc(C(C)(C)C(=O)O)c4)n3)n2)C1. The number of rotatable bonds is 10. The van der Waals surface area contributed by atoms with E-state index in [9.17, 15) is 9.90 Å². The summed E-state index contributed by atoms with van der Waals surface area (Å²) >= 11 is 0. The van der Waals surface area contributed by atoms with Gasteiger partial charge < -0.3 is 24.8 Å². The monoisotopic (exact) mass is 554 g/mol. The van der Waals surface area contributed by atoms with E-state index in [1.807, 2.05) is 49.4 Å². The molecular weight excluding hydrogens is 520 g/mol. The number of nitrogens with one attached hydrogen (secondary N) is 1. The van der Waals surface area contributed by atoms with Crippen molar-refractivity contribution in [2.75, 3.05) is 29.9 Å². The molecule has 0 spiro atoms. The Labute approximate surface area is 239 Å². The van der Waals surface area contributed by atoms with E-state index in [2.05, 4.69) is 25.2 Å². The van der Waals surface area contributed by atoms with Gasteiger partial charge in [-0.2, -0.15) is 0 Å². The maximum Gasteiger partial charge on any atom is 0.313 e. The van der Waals surface area contributed by atoms with Gasteiger partial charge in [0.15, 0.2) is 23.1 Å². The lowest BCUT2D eigenvalue weighted by molar-refractivity contribution is -0.142. The first-order valence-corrected chi connectivity index (χ1v) is 13.7. The van der Waals surface area contributed by atoms with Crippen LogP contribution in [-0.2, 0) is 10.2 Å². The highest BCUT2D eigenvalue weighted by Gasteiger charge is 2.29. The van der Waals surface area contributed by atoms with E-state index in [-0.39, 0.29) is 6.10 Å². The van der Waals surface area contributed by atoms with E-state index >= 15 is 0 Å². The zero-order valence-corrected chi connectivity index (χ0v) is 23.4. The minimum absolute atomic E-state index is 0.00457. The summed E-state index contributed by atoms with van der Waals surface area (Å²) in [7, 11) is 0. The molecule has 2 aromatic heterocycles. The van der Waals surface area contributed by atoms with E-state index in [1.54, 1.807) is 44.6 Å². The lowest BCUT2D eigenvalue weighted by atomic mass is 9.84. The van der Waals surface area contributed by atoms with Gasteiger partial charge >= 0.3 is 5.97 Å². The molecule has 0 saturated carbocycles. The van der Waals surface area contributed by atoms with Crippen LogP contribution in [0, 0.1) is 0 Å². The number of aromatic nitrogens is 4. The molecule has 5 rings (SSSR count). The predicted molar refractivity (Wildman–Crippen MR) is 157 cm³/mol. The molecule has 0 radical (unpaired) electrons. The van der Waals surface area contributed by atoms with Crippen LogP contribution in [-0.4, -0.2) is 56.8 Å². The number of aliphatic carboxylic acids is 1. The van der Waals surface area contributed by atoms with Gasteiger partial charge in [-0.05, 0) is 63.4 Å². The quantitative estimate of drug-likeness (QED) is 0.260. The zero-order valence-electron chi connectivity index (χ0n) is 23.4. The molecule has 0 amide bonds. The number of benzene rings is 2. The Morgan fingerprint density at radius 1 is 1.07 bits per heavy atom. The van der Waals surface area contributed by atoms with Gasteiger partial charge in [-0.15, -0.1) is 0 Å². The molecule has 10 heteroatoms. The van der Waals surface area contributed by atoms with Crippen molar-refractivity contribution in [3.8, 4) is 22.9 Å². The molecule has 41 heavy (non-hydrogen) atoms. The van der Waals surface area contributed by atoms with E-state index in [4.69, 9.17) is 14.5 Å². The minimum Gasteiger partial charge on any atom is -0.490 e. The Kier molecular flexibility index (Phi) is 8.28. The van der Waals surface area contributed by atoms with E-state index < -0.39 is 11.4 Å². The molecule has 1 atom stereocenters. The van der Waals surface area contributed by atoms with Gasteiger partial charge in [0.1, 0.15) is 17.7 Å². The lowest BCUT2D eigenvalue weighted by Crippen LogP contribution is -2.41. The van der Waals surface area contributed by atoms with Gasteiger partial charge in [-0.1, -0.05) is 30.3 Å². The minimum atomic E-state index is -1.03. The van der Waals surface area contributed by atoms with Gasteiger partial charge in [-0.25, -0.2) is 15.0 Å². The van der Waals surface area contributed by atoms with Crippen molar-refractivity contribution in [2.24, 2.45) is 0 Å². The van der Waals surface area contributed by atoms with E-state index in [1.165, 1.54) is 0 Å². The number of nitrogens with zero attached hydrogens (tertiary/aromatic N) is 5. The number of hydrogen-bond donors (Lipinski definition) is 2. The first kappa shape index (κ1) is 27.8. The van der Waals surface area contributed by atoms with Gasteiger partial charge in [0.25, 0.3) is 0 Å². The topological polar surface area (TPSA) is 123 Å². The summed E-state index contributed by atoms with van der Waals surface area (Å²) < 4.78 is 12.1. The predicted octanol–water partition coefficient (Wildman–Crippen LogP) is 5.49. The fraction of sp³-hybridized carbons (Fsp3) is 0.323. The fourth-order valence-electron chi connectivity index (χ4n) is 4.68. The van der Waals surface area contributed by atoms with Crippen LogP contribution >= 0.6 is 0 Å². The molecule has 1 aliphatic rings. The van der Waals surface area contributed by atoms with Crippen molar-refractivity contribution in [3.63, 3.8) is 0 Å². The number of carboxylic acids is 1. The molecule has 4 aromatic rings. The number of para-hydroxylation sites is 2.